The zero-order chi connectivity index (χ0) is 9.56. The number of halogens is 1. The van der Waals surface area contributed by atoms with Crippen molar-refractivity contribution in [2.45, 2.75) is 13.8 Å². The topological polar surface area (TPSA) is 40.1 Å². The molecule has 0 aliphatic rings. The van der Waals surface area contributed by atoms with Crippen LogP contribution in [0.3, 0.4) is 0 Å². The van der Waals surface area contributed by atoms with Gasteiger partial charge >= 0.3 is 0 Å². The van der Waals surface area contributed by atoms with E-state index in [-0.39, 0.29) is 0 Å². The zero-order valence-corrected chi connectivity index (χ0v) is 9.31. The van der Waals surface area contributed by atoms with Crippen molar-refractivity contribution in [1.82, 2.24) is 0 Å². The van der Waals surface area contributed by atoms with Crippen LogP contribution in [0.25, 0.3) is 0 Å². The van der Waals surface area contributed by atoms with E-state index in [0.717, 1.165) is 0 Å². The van der Waals surface area contributed by atoms with E-state index in [2.05, 4.69) is 52.9 Å². The molecule has 1 atom stereocenters. The molecule has 2 nitrogen and oxygen atoms in total. The van der Waals surface area contributed by atoms with Crippen LogP contribution in [0.5, 0.6) is 0 Å². The highest BCUT2D eigenvalue weighted by Gasteiger charge is 1.83. The Morgan fingerprint density at radius 1 is 1.25 bits per heavy atom. The molecule has 12 heavy (non-hydrogen) atoms. The van der Waals surface area contributed by atoms with Gasteiger partial charge in [-0.2, -0.15) is 0 Å². The highest BCUT2D eigenvalue weighted by Crippen LogP contribution is 2.02. The summed E-state index contributed by atoms with van der Waals surface area (Å²) < 4.78 is 17.8. The van der Waals surface area contributed by atoms with Crippen LogP contribution in [0.4, 0.5) is 0 Å². The smallest absolute Gasteiger partial charge is 0.0168 e. The van der Waals surface area contributed by atoms with Crippen LogP contribution < -0.4 is 0 Å². The molecule has 1 rings (SSSR count). The van der Waals surface area contributed by atoms with Gasteiger partial charge in [0.05, 0.1) is 0 Å². The fourth-order valence-corrected chi connectivity index (χ4v) is 0.663. The van der Waals surface area contributed by atoms with E-state index in [1.165, 1.54) is 11.1 Å². The molecule has 0 N–H and O–H groups in total. The van der Waals surface area contributed by atoms with Crippen molar-refractivity contribution in [1.29, 1.82) is 0 Å². The summed E-state index contributed by atoms with van der Waals surface area (Å²) in [6, 6.07) is 8.36. The minimum absolute atomic E-state index is 1.37. The monoisotopic (exact) mass is 249 g/mol. The predicted octanol–water partition coefficient (Wildman–Crippen LogP) is 2.48. The zero-order valence-electron chi connectivity index (χ0n) is 6.91. The van der Waals surface area contributed by atoms with Crippen LogP contribution in [0.1, 0.15) is 11.1 Å². The number of aryl methyl sites for hydroxylation is 2. The van der Waals surface area contributed by atoms with Gasteiger partial charge < -0.3 is 4.55 Å². The maximum atomic E-state index is 8.92. The first-order valence-electron chi connectivity index (χ1n) is 3.31. The molecule has 0 aliphatic heterocycles. The van der Waals surface area contributed by atoms with Crippen molar-refractivity contribution in [2.24, 2.45) is 0 Å². The van der Waals surface area contributed by atoms with Crippen LogP contribution >= 0.6 is 14.8 Å². The summed E-state index contributed by atoms with van der Waals surface area (Å²) >= 11 is 2.19. The van der Waals surface area contributed by atoms with Gasteiger partial charge in [0, 0.05) is 24.3 Å². The second-order valence-corrected chi connectivity index (χ2v) is 4.25. The minimum Gasteiger partial charge on any atom is -0.763 e. The van der Waals surface area contributed by atoms with Crippen LogP contribution in [-0.4, -0.2) is 8.76 Å². The summed E-state index contributed by atoms with van der Waals surface area (Å²) in [5, 5.41) is 0. The Morgan fingerprint density at radius 3 is 1.67 bits per heavy atom. The van der Waals surface area contributed by atoms with Gasteiger partial charge in [0.15, 0.2) is 0 Å². The van der Waals surface area contributed by atoms with E-state index in [9.17, 15) is 0 Å². The van der Waals surface area contributed by atoms with E-state index < -0.39 is 9.51 Å². The highest BCUT2D eigenvalue weighted by atomic mass is 79.9. The molecule has 4 heteroatoms. The minimum atomic E-state index is -2.05. The van der Waals surface area contributed by atoms with Crippen molar-refractivity contribution in [3.8, 4) is 0 Å². The number of rotatable bonds is 0. The van der Waals surface area contributed by atoms with Gasteiger partial charge in [0.25, 0.3) is 0 Å². The average molecular weight is 250 g/mol. The van der Waals surface area contributed by atoms with Crippen LogP contribution in [0.15, 0.2) is 24.3 Å². The lowest BCUT2D eigenvalue weighted by Crippen LogP contribution is -1.74. The largest absolute Gasteiger partial charge is 0.763 e. The molecule has 0 spiro atoms. The van der Waals surface area contributed by atoms with E-state index in [4.69, 9.17) is 8.76 Å². The lowest BCUT2D eigenvalue weighted by atomic mass is 10.1. The fourth-order valence-electron chi connectivity index (χ4n) is 0.663. The Balaban J connectivity index is 0.000000261. The van der Waals surface area contributed by atoms with Gasteiger partial charge in [-0.05, 0) is 25.0 Å². The SMILES string of the molecule is Cc1ccccc1C.O=S([O-])Br. The summed E-state index contributed by atoms with van der Waals surface area (Å²) in [6.07, 6.45) is 0. The van der Waals surface area contributed by atoms with E-state index >= 15 is 0 Å². The molecule has 0 aromatic heterocycles. The lowest BCUT2D eigenvalue weighted by Gasteiger charge is -1.93. The maximum absolute atomic E-state index is 8.92. The molecule has 0 radical (unpaired) electrons. The molecule has 1 aromatic rings. The molecule has 0 saturated carbocycles. The second-order valence-electron chi connectivity index (χ2n) is 2.28. The Labute approximate surface area is 82.5 Å². The first-order valence-corrected chi connectivity index (χ1v) is 6.23. The Morgan fingerprint density at radius 2 is 1.50 bits per heavy atom. The van der Waals surface area contributed by atoms with Crippen molar-refractivity contribution < 1.29 is 8.76 Å². The van der Waals surface area contributed by atoms with Crippen LogP contribution in [0, 0.1) is 13.8 Å². The molecule has 1 aromatic carbocycles. The maximum Gasteiger partial charge on any atom is 0.0168 e. The van der Waals surface area contributed by atoms with Gasteiger partial charge in [-0.15, -0.1) is 0 Å². The third-order valence-electron chi connectivity index (χ3n) is 1.43. The standard InChI is InChI=1S/C8H10.BrHO2S/c1-7-5-3-4-6-8(7)2;1-4(2)3/h3-6H,1-2H3;(H,2,3)/p-1. The highest BCUT2D eigenvalue weighted by molar-refractivity contribution is 9.45. The third-order valence-corrected chi connectivity index (χ3v) is 1.43. The summed E-state index contributed by atoms with van der Waals surface area (Å²) in [4.78, 5) is 0. The number of hydrogen-bond acceptors (Lipinski definition) is 2. The Kier molecular flexibility index (Phi) is 6.24. The molecule has 1 unspecified atom stereocenters. The third kappa shape index (κ3) is 6.52. The first-order chi connectivity index (χ1) is 5.54. The van der Waals surface area contributed by atoms with Crippen LogP contribution in [-0.2, 0) is 9.51 Å². The molecular weight excluding hydrogens is 240 g/mol. The van der Waals surface area contributed by atoms with E-state index in [0.29, 0.717) is 0 Å². The molecular formula is C8H10BrO2S-. The van der Waals surface area contributed by atoms with Gasteiger partial charge in [-0.25, -0.2) is 0 Å². The summed E-state index contributed by atoms with van der Waals surface area (Å²) in [5.41, 5.74) is 2.74. The number of hydrogen-bond donors (Lipinski definition) is 0. The summed E-state index contributed by atoms with van der Waals surface area (Å²) in [7, 11) is -2.05. The molecule has 68 valence electrons. The predicted molar refractivity (Wildman–Crippen MR) is 53.8 cm³/mol. The van der Waals surface area contributed by atoms with Crippen molar-refractivity contribution in [3.05, 3.63) is 35.4 Å². The van der Waals surface area contributed by atoms with E-state index in [1.54, 1.807) is 0 Å². The molecule has 0 bridgehead atoms. The Hall–Kier alpha value is -0.190. The lowest BCUT2D eigenvalue weighted by molar-refractivity contribution is 0.554. The normalized spacial score (nSPS) is 11.3. The molecule has 0 fully saturated rings. The fraction of sp³-hybridized carbons (Fsp3) is 0.250. The van der Waals surface area contributed by atoms with Crippen LogP contribution in [0.2, 0.25) is 0 Å². The summed E-state index contributed by atoms with van der Waals surface area (Å²) in [5.74, 6) is 0. The van der Waals surface area contributed by atoms with Gasteiger partial charge in [0.2, 0.25) is 0 Å². The first kappa shape index (κ1) is 11.8. The van der Waals surface area contributed by atoms with Gasteiger partial charge in [0.1, 0.15) is 0 Å². The van der Waals surface area contributed by atoms with Crippen molar-refractivity contribution in [3.63, 3.8) is 0 Å². The molecule has 0 amide bonds. The molecule has 0 aliphatic carbocycles. The average Bonchev–Trinajstić information content (AvgIpc) is 1.94. The molecule has 0 saturated heterocycles. The Bertz CT molecular complexity index is 238. The quantitative estimate of drug-likeness (QED) is 0.524. The van der Waals surface area contributed by atoms with Gasteiger partial charge in [-0.3, -0.25) is 4.21 Å². The van der Waals surface area contributed by atoms with Crippen molar-refractivity contribution >= 4 is 24.3 Å². The second kappa shape index (κ2) is 6.34. The number of benzene rings is 1. The molecule has 0 heterocycles. The summed E-state index contributed by atoms with van der Waals surface area (Å²) in [6.45, 7) is 4.24. The van der Waals surface area contributed by atoms with Gasteiger partial charge in [-0.1, -0.05) is 24.3 Å². The van der Waals surface area contributed by atoms with Crippen molar-refractivity contribution in [2.75, 3.05) is 0 Å². The van der Waals surface area contributed by atoms with E-state index in [1.807, 2.05) is 0 Å².